The molecule has 2 atom stereocenters. The van der Waals surface area contributed by atoms with E-state index in [1.54, 1.807) is 18.2 Å². The van der Waals surface area contributed by atoms with Crippen molar-refractivity contribution in [2.75, 3.05) is 0 Å². The fraction of sp³-hybridized carbons (Fsp3) is 0.0208. The highest BCUT2D eigenvalue weighted by molar-refractivity contribution is 6.00. The molecule has 2 spiro atoms. The van der Waals surface area contributed by atoms with Crippen LogP contribution in [0.1, 0.15) is 66.8 Å². The number of ether oxygens (including phenoxy) is 2. The van der Waals surface area contributed by atoms with Gasteiger partial charge in [0.05, 0.1) is 68.5 Å². The average Bonchev–Trinajstić information content (AvgIpc) is 1.49. The first-order chi connectivity index (χ1) is 53.3. The Labute approximate surface area is 622 Å². The van der Waals surface area contributed by atoms with Crippen molar-refractivity contribution in [3.05, 3.63) is 394 Å². The zero-order chi connectivity index (χ0) is 72.5. The lowest BCUT2D eigenvalue weighted by molar-refractivity contribution is 0.437. The maximum Gasteiger partial charge on any atom is 0.167 e. The van der Waals surface area contributed by atoms with Gasteiger partial charge in [0.15, 0.2) is 34.9 Å². The summed E-state index contributed by atoms with van der Waals surface area (Å²) in [6.07, 6.45) is 0. The maximum atomic E-state index is 10.3. The Morgan fingerprint density at radius 1 is 0.222 bits per heavy atom. The van der Waals surface area contributed by atoms with Crippen LogP contribution in [-0.2, 0) is 10.8 Å². The predicted octanol–water partition coefficient (Wildman–Crippen LogP) is 21.5. The van der Waals surface area contributed by atoms with Crippen molar-refractivity contribution in [3.8, 4) is 160 Å². The van der Waals surface area contributed by atoms with E-state index in [0.717, 1.165) is 134 Å². The first-order valence-electron chi connectivity index (χ1n) is 35.3. The van der Waals surface area contributed by atoms with Gasteiger partial charge in [-0.2, -0.15) is 21.0 Å². The van der Waals surface area contributed by atoms with Crippen LogP contribution in [0.15, 0.2) is 328 Å². The van der Waals surface area contributed by atoms with Crippen LogP contribution >= 0.6 is 0 Å². The lowest BCUT2D eigenvalue weighted by Gasteiger charge is -2.40. The number of aromatic nitrogens is 6. The van der Waals surface area contributed by atoms with Gasteiger partial charge in [-0.05, 0) is 116 Å². The van der Waals surface area contributed by atoms with E-state index in [-0.39, 0.29) is 0 Å². The molecule has 0 saturated carbocycles. The molecule has 12 nitrogen and oxygen atoms in total. The Kier molecular flexibility index (Phi) is 15.2. The standard InChI is InChI=1S/2C48H27N5O/c49-28-30-25-31(29-50)27-34(26-30)35-18-11-22-40-43(35)36-17-7-8-20-38(36)48(40)39-21-9-10-24-42(39)54-44-37(19-12-23-41(44)48)47-52-45(32-13-3-1-4-14-32)51-46(53-47)33-15-5-2-6-16-33;49-28-30-25-26-34(33(27-30)29-50)35-18-11-22-40-43(35)36-17-7-8-20-38(36)48(40)39-21-9-10-24-42(39)54-44-37(19-12-23-41(44)48)47-52-45(31-13-3-1-4-14-31)51-46(53-47)32-15-5-2-6-16-32/h2*1-27H. The van der Waals surface area contributed by atoms with E-state index >= 15 is 0 Å². The summed E-state index contributed by atoms with van der Waals surface area (Å²) in [6, 6.07) is 118. The highest BCUT2D eigenvalue weighted by atomic mass is 16.5. The van der Waals surface area contributed by atoms with E-state index in [1.807, 2.05) is 176 Å². The lowest BCUT2D eigenvalue weighted by Crippen LogP contribution is -2.32. The van der Waals surface area contributed by atoms with E-state index in [9.17, 15) is 21.0 Å². The number of rotatable bonds is 8. The molecule has 0 N–H and O–H groups in total. The Hall–Kier alpha value is -15.3. The van der Waals surface area contributed by atoms with E-state index in [1.165, 1.54) is 0 Å². The van der Waals surface area contributed by atoms with Crippen LogP contribution in [0.5, 0.6) is 23.0 Å². The van der Waals surface area contributed by atoms with E-state index in [0.29, 0.717) is 68.7 Å². The fourth-order valence-electron chi connectivity index (χ4n) is 16.5. The molecule has 16 aromatic rings. The van der Waals surface area contributed by atoms with Gasteiger partial charge in [0.1, 0.15) is 23.0 Å². The number of hydrogen-bond acceptors (Lipinski definition) is 12. The Balaban J connectivity index is 0.000000147. The molecule has 0 radical (unpaired) electrons. The van der Waals surface area contributed by atoms with Crippen molar-refractivity contribution in [2.24, 2.45) is 0 Å². The summed E-state index contributed by atoms with van der Waals surface area (Å²) in [5, 5.41) is 39.7. The van der Waals surface area contributed by atoms with Crippen molar-refractivity contribution in [1.82, 2.24) is 29.9 Å². The van der Waals surface area contributed by atoms with Crippen molar-refractivity contribution < 1.29 is 9.47 Å². The topological polar surface area (TPSA) is 191 Å². The van der Waals surface area contributed by atoms with Crippen molar-refractivity contribution >= 4 is 0 Å². The van der Waals surface area contributed by atoms with Crippen LogP contribution in [0.4, 0.5) is 0 Å². The Morgan fingerprint density at radius 3 is 0.972 bits per heavy atom. The molecule has 2 unspecified atom stereocenters. The van der Waals surface area contributed by atoms with Gasteiger partial charge in [-0.15, -0.1) is 0 Å². The summed E-state index contributed by atoms with van der Waals surface area (Å²) in [5.41, 5.74) is 21.3. The zero-order valence-corrected chi connectivity index (χ0v) is 57.5. The van der Waals surface area contributed by atoms with Crippen molar-refractivity contribution in [2.45, 2.75) is 10.8 Å². The highest BCUT2D eigenvalue weighted by Gasteiger charge is 2.54. The molecule has 0 saturated heterocycles. The molecule has 12 heteroatoms. The van der Waals surface area contributed by atoms with Gasteiger partial charge >= 0.3 is 0 Å². The lowest BCUT2D eigenvalue weighted by atomic mass is 9.65. The van der Waals surface area contributed by atoms with Crippen molar-refractivity contribution in [3.63, 3.8) is 0 Å². The largest absolute Gasteiger partial charge is 0.456 e. The molecule has 0 bridgehead atoms. The maximum absolute atomic E-state index is 10.3. The molecular formula is C96H54N10O2. The summed E-state index contributed by atoms with van der Waals surface area (Å²) < 4.78 is 13.9. The number of nitrogens with zero attached hydrogens (tertiary/aromatic N) is 10. The minimum absolute atomic E-state index is 0.441. The molecule has 4 aliphatic rings. The Bertz CT molecular complexity index is 6430. The van der Waals surface area contributed by atoms with Crippen molar-refractivity contribution in [1.29, 1.82) is 21.0 Å². The molecule has 0 amide bonds. The van der Waals surface area contributed by atoms with Gasteiger partial charge in [0.2, 0.25) is 0 Å². The minimum Gasteiger partial charge on any atom is -0.456 e. The molecule has 4 heterocycles. The van der Waals surface area contributed by atoms with Gasteiger partial charge in [-0.25, -0.2) is 29.9 Å². The quantitative estimate of drug-likeness (QED) is 0.140. The molecule has 500 valence electrons. The molecule has 14 aromatic carbocycles. The summed E-state index contributed by atoms with van der Waals surface area (Å²) in [4.78, 5) is 30.3. The number of hydrogen-bond donors (Lipinski definition) is 0. The second kappa shape index (κ2) is 25.9. The van der Waals surface area contributed by atoms with E-state index in [2.05, 4.69) is 158 Å². The third-order valence-corrected chi connectivity index (χ3v) is 20.9. The summed E-state index contributed by atoms with van der Waals surface area (Å²) >= 11 is 0. The van der Waals surface area contributed by atoms with E-state index < -0.39 is 10.8 Å². The van der Waals surface area contributed by atoms with Crippen LogP contribution in [0.25, 0.3) is 113 Å². The second-order valence-electron chi connectivity index (χ2n) is 26.7. The number of benzene rings is 14. The fourth-order valence-corrected chi connectivity index (χ4v) is 16.5. The predicted molar refractivity (Wildman–Crippen MR) is 417 cm³/mol. The third kappa shape index (κ3) is 10.0. The zero-order valence-electron chi connectivity index (χ0n) is 57.5. The summed E-state index contributed by atoms with van der Waals surface area (Å²) in [7, 11) is 0. The molecule has 2 aliphatic carbocycles. The van der Waals surface area contributed by atoms with Gasteiger partial charge in [-0.3, -0.25) is 0 Å². The molecule has 108 heavy (non-hydrogen) atoms. The SMILES string of the molecule is N#Cc1cc(C#N)cc(-c2cccc3c2-c2ccccc2C32c3ccccc3Oc3c(-c4nc(-c5ccccc5)nc(-c5ccccc5)n4)cccc32)c1.N#Cc1ccc(-c2cccc3c2-c2ccccc2C32c3ccccc3Oc3c(-c4nc(-c5ccccc5)nc(-c5ccccc5)n4)cccc32)c(C#N)c1. The number of nitriles is 4. The van der Waals surface area contributed by atoms with Gasteiger partial charge in [0.25, 0.3) is 0 Å². The van der Waals surface area contributed by atoms with Gasteiger partial charge in [0, 0.05) is 50.1 Å². The average molecular weight is 1380 g/mol. The van der Waals surface area contributed by atoms with E-state index in [4.69, 9.17) is 39.4 Å². The number of fused-ring (bicyclic) bond motifs is 18. The normalized spacial score (nSPS) is 14.5. The second-order valence-corrected chi connectivity index (χ2v) is 26.7. The summed E-state index contributed by atoms with van der Waals surface area (Å²) in [6.45, 7) is 0. The molecular weight excluding hydrogens is 1330 g/mol. The minimum atomic E-state index is -0.779. The highest BCUT2D eigenvalue weighted by Crippen LogP contribution is 2.66. The van der Waals surface area contributed by atoms with Crippen LogP contribution in [0.2, 0.25) is 0 Å². The van der Waals surface area contributed by atoms with Crippen LogP contribution < -0.4 is 9.47 Å². The van der Waals surface area contributed by atoms with Crippen LogP contribution in [-0.4, -0.2) is 29.9 Å². The smallest absolute Gasteiger partial charge is 0.167 e. The first kappa shape index (κ1) is 63.6. The third-order valence-electron chi connectivity index (χ3n) is 20.9. The monoisotopic (exact) mass is 1380 g/mol. The Morgan fingerprint density at radius 2 is 0.556 bits per heavy atom. The van der Waals surface area contributed by atoms with Crippen LogP contribution in [0.3, 0.4) is 0 Å². The molecule has 2 aromatic heterocycles. The van der Waals surface area contributed by atoms with Crippen LogP contribution in [0, 0.1) is 45.3 Å². The van der Waals surface area contributed by atoms with Gasteiger partial charge in [-0.1, -0.05) is 273 Å². The molecule has 2 aliphatic heterocycles. The first-order valence-corrected chi connectivity index (χ1v) is 35.3. The van der Waals surface area contributed by atoms with Gasteiger partial charge < -0.3 is 9.47 Å². The summed E-state index contributed by atoms with van der Waals surface area (Å²) in [5.74, 6) is 6.11. The molecule has 0 fully saturated rings. The number of para-hydroxylation sites is 4. The molecule has 20 rings (SSSR count).